The number of hydrogen-bond donors (Lipinski definition) is 1. The number of nitrogens with one attached hydrogen (secondary N) is 1. The largest absolute Gasteiger partial charge is 0.481 e. The number of carbonyl (C=O) groups is 1. The van der Waals surface area contributed by atoms with Gasteiger partial charge in [0.2, 0.25) is 0 Å². The lowest BCUT2D eigenvalue weighted by molar-refractivity contribution is -0.128. The maximum atomic E-state index is 12.0. The van der Waals surface area contributed by atoms with Gasteiger partial charge in [0.05, 0.1) is 12.8 Å². The highest BCUT2D eigenvalue weighted by atomic mass is 16.5. The molecule has 2 rings (SSSR count). The fraction of sp³-hybridized carbons (Fsp3) is 0.267. The Morgan fingerprint density at radius 2 is 2.05 bits per heavy atom. The van der Waals surface area contributed by atoms with Gasteiger partial charge < -0.3 is 14.5 Å². The molecule has 1 heterocycles. The fourth-order valence-electron chi connectivity index (χ4n) is 1.69. The Kier molecular flexibility index (Phi) is 4.61. The van der Waals surface area contributed by atoms with E-state index in [1.807, 2.05) is 43.3 Å². The van der Waals surface area contributed by atoms with Crippen LogP contribution in [0.5, 0.6) is 5.75 Å². The molecule has 0 bridgehead atoms. The summed E-state index contributed by atoms with van der Waals surface area (Å²) in [5, 5.41) is 2.80. The van der Waals surface area contributed by atoms with E-state index in [2.05, 4.69) is 5.32 Å². The van der Waals surface area contributed by atoms with Crippen LogP contribution in [0.3, 0.4) is 0 Å². The molecule has 4 nitrogen and oxygen atoms in total. The van der Waals surface area contributed by atoms with Gasteiger partial charge in [0, 0.05) is 0 Å². The summed E-state index contributed by atoms with van der Waals surface area (Å²) in [7, 11) is 0. The van der Waals surface area contributed by atoms with Crippen LogP contribution in [0.4, 0.5) is 0 Å². The summed E-state index contributed by atoms with van der Waals surface area (Å²) in [5.41, 5.74) is 0. The van der Waals surface area contributed by atoms with Crippen LogP contribution in [0.2, 0.25) is 0 Å². The molecule has 4 heteroatoms. The van der Waals surface area contributed by atoms with Crippen molar-refractivity contribution in [2.75, 3.05) is 0 Å². The highest BCUT2D eigenvalue weighted by Gasteiger charge is 2.18. The van der Waals surface area contributed by atoms with Gasteiger partial charge in [0.15, 0.2) is 6.10 Å². The van der Waals surface area contributed by atoms with Crippen LogP contribution in [0.1, 0.15) is 19.1 Å². The summed E-state index contributed by atoms with van der Waals surface area (Å²) in [6.45, 7) is 2.29. The van der Waals surface area contributed by atoms with E-state index in [4.69, 9.17) is 9.15 Å². The minimum absolute atomic E-state index is 0.136. The van der Waals surface area contributed by atoms with E-state index >= 15 is 0 Å². The molecule has 2 aromatic rings. The van der Waals surface area contributed by atoms with Crippen molar-refractivity contribution in [3.8, 4) is 5.75 Å². The zero-order valence-electron chi connectivity index (χ0n) is 10.8. The van der Waals surface area contributed by atoms with Gasteiger partial charge in [-0.2, -0.15) is 0 Å². The third kappa shape index (κ3) is 3.88. The lowest BCUT2D eigenvalue weighted by atomic mass is 10.2. The Labute approximate surface area is 112 Å². The number of hydrogen-bond acceptors (Lipinski definition) is 3. The van der Waals surface area contributed by atoms with Gasteiger partial charge >= 0.3 is 0 Å². The van der Waals surface area contributed by atoms with Crippen LogP contribution in [-0.4, -0.2) is 12.0 Å². The first-order chi connectivity index (χ1) is 9.29. The third-order valence-electron chi connectivity index (χ3n) is 2.70. The van der Waals surface area contributed by atoms with Crippen LogP contribution in [0, 0.1) is 0 Å². The number of rotatable bonds is 6. The van der Waals surface area contributed by atoms with Crippen LogP contribution >= 0.6 is 0 Å². The van der Waals surface area contributed by atoms with E-state index in [0.29, 0.717) is 18.7 Å². The van der Waals surface area contributed by atoms with Crippen LogP contribution in [0.25, 0.3) is 0 Å². The van der Waals surface area contributed by atoms with Crippen molar-refractivity contribution in [1.29, 1.82) is 0 Å². The van der Waals surface area contributed by atoms with Crippen molar-refractivity contribution in [2.24, 2.45) is 0 Å². The Hall–Kier alpha value is -2.23. The maximum Gasteiger partial charge on any atom is 0.261 e. The Balaban J connectivity index is 1.88. The second-order valence-electron chi connectivity index (χ2n) is 4.12. The SMILES string of the molecule is CC[C@@H](Oc1ccccc1)C(=O)NCc1ccco1. The third-order valence-corrected chi connectivity index (χ3v) is 2.70. The van der Waals surface area contributed by atoms with E-state index in [1.165, 1.54) is 0 Å². The molecule has 1 aromatic heterocycles. The second-order valence-corrected chi connectivity index (χ2v) is 4.12. The number of furan rings is 1. The lowest BCUT2D eigenvalue weighted by Gasteiger charge is -2.16. The summed E-state index contributed by atoms with van der Waals surface area (Å²) in [5.74, 6) is 1.29. The number of carbonyl (C=O) groups excluding carboxylic acids is 1. The summed E-state index contributed by atoms with van der Waals surface area (Å²) >= 11 is 0. The first-order valence-corrected chi connectivity index (χ1v) is 6.31. The molecule has 1 aromatic carbocycles. The smallest absolute Gasteiger partial charge is 0.261 e. The van der Waals surface area contributed by atoms with Gasteiger partial charge in [0.1, 0.15) is 11.5 Å². The standard InChI is InChI=1S/C15H17NO3/c1-2-14(19-12-7-4-3-5-8-12)15(17)16-11-13-9-6-10-18-13/h3-10,14H,2,11H2,1H3,(H,16,17)/t14-/m1/s1. The zero-order valence-corrected chi connectivity index (χ0v) is 10.8. The molecule has 0 aliphatic carbocycles. The highest BCUT2D eigenvalue weighted by molar-refractivity contribution is 5.80. The number of amides is 1. The lowest BCUT2D eigenvalue weighted by Crippen LogP contribution is -2.37. The summed E-state index contributed by atoms with van der Waals surface area (Å²) in [6, 6.07) is 12.9. The van der Waals surface area contributed by atoms with Gasteiger partial charge in [-0.15, -0.1) is 0 Å². The molecule has 0 aliphatic rings. The summed E-state index contributed by atoms with van der Waals surface area (Å²) < 4.78 is 10.8. The van der Waals surface area contributed by atoms with Crippen LogP contribution < -0.4 is 10.1 Å². The molecule has 0 spiro atoms. The predicted octanol–water partition coefficient (Wildman–Crippen LogP) is 2.75. The summed E-state index contributed by atoms with van der Waals surface area (Å²) in [6.07, 6.45) is 1.70. The average Bonchev–Trinajstić information content (AvgIpc) is 2.96. The van der Waals surface area contributed by atoms with Gasteiger partial charge in [0.25, 0.3) is 5.91 Å². The van der Waals surface area contributed by atoms with Crippen LogP contribution in [0.15, 0.2) is 53.1 Å². The van der Waals surface area contributed by atoms with Gasteiger partial charge in [-0.25, -0.2) is 0 Å². The quantitative estimate of drug-likeness (QED) is 0.867. The molecule has 1 amide bonds. The molecule has 0 unspecified atom stereocenters. The van der Waals surface area contributed by atoms with E-state index in [-0.39, 0.29) is 5.91 Å². The molecule has 0 saturated heterocycles. The van der Waals surface area contributed by atoms with Crippen LogP contribution in [-0.2, 0) is 11.3 Å². The molecular formula is C15H17NO3. The monoisotopic (exact) mass is 259 g/mol. The van der Waals surface area contributed by atoms with Crippen molar-refractivity contribution in [3.05, 3.63) is 54.5 Å². The van der Waals surface area contributed by atoms with E-state index in [0.717, 1.165) is 5.76 Å². The van der Waals surface area contributed by atoms with Gasteiger partial charge in [-0.3, -0.25) is 4.79 Å². The minimum atomic E-state index is -0.489. The van der Waals surface area contributed by atoms with E-state index in [1.54, 1.807) is 12.3 Å². The van der Waals surface area contributed by atoms with Crippen molar-refractivity contribution < 1.29 is 13.9 Å². The highest BCUT2D eigenvalue weighted by Crippen LogP contribution is 2.12. The minimum Gasteiger partial charge on any atom is -0.481 e. The molecule has 1 N–H and O–H groups in total. The van der Waals surface area contributed by atoms with Gasteiger partial charge in [-0.1, -0.05) is 25.1 Å². The second kappa shape index (κ2) is 6.64. The van der Waals surface area contributed by atoms with E-state index < -0.39 is 6.10 Å². The molecule has 1 atom stereocenters. The first kappa shape index (κ1) is 13.2. The van der Waals surface area contributed by atoms with Crippen molar-refractivity contribution in [1.82, 2.24) is 5.32 Å². The average molecular weight is 259 g/mol. The predicted molar refractivity (Wildman–Crippen MR) is 71.7 cm³/mol. The molecule has 19 heavy (non-hydrogen) atoms. The number of benzene rings is 1. The van der Waals surface area contributed by atoms with E-state index in [9.17, 15) is 4.79 Å². The molecule has 0 radical (unpaired) electrons. The van der Waals surface area contributed by atoms with Crippen molar-refractivity contribution in [3.63, 3.8) is 0 Å². The Morgan fingerprint density at radius 3 is 2.68 bits per heavy atom. The molecule has 100 valence electrons. The Bertz CT molecular complexity index is 493. The van der Waals surface area contributed by atoms with Crippen molar-refractivity contribution in [2.45, 2.75) is 26.0 Å². The molecular weight excluding hydrogens is 242 g/mol. The molecule has 0 aliphatic heterocycles. The number of ether oxygens (including phenoxy) is 1. The van der Waals surface area contributed by atoms with Gasteiger partial charge in [-0.05, 0) is 30.7 Å². The summed E-state index contributed by atoms with van der Waals surface area (Å²) in [4.78, 5) is 12.0. The zero-order chi connectivity index (χ0) is 13.5. The first-order valence-electron chi connectivity index (χ1n) is 6.31. The Morgan fingerprint density at radius 1 is 1.26 bits per heavy atom. The topological polar surface area (TPSA) is 51.5 Å². The number of para-hydroxylation sites is 1. The van der Waals surface area contributed by atoms with Crippen molar-refractivity contribution >= 4 is 5.91 Å². The fourth-order valence-corrected chi connectivity index (χ4v) is 1.69. The maximum absolute atomic E-state index is 12.0. The normalized spacial score (nSPS) is 11.8. The molecule has 0 saturated carbocycles. The molecule has 0 fully saturated rings.